The van der Waals surface area contributed by atoms with E-state index in [0.29, 0.717) is 49.5 Å². The third-order valence-electron chi connectivity index (χ3n) is 5.97. The summed E-state index contributed by atoms with van der Waals surface area (Å²) in [5.74, 6) is -0.518. The molecule has 0 bridgehead atoms. The van der Waals surface area contributed by atoms with Crippen LogP contribution in [0.2, 0.25) is 0 Å². The van der Waals surface area contributed by atoms with Gasteiger partial charge in [0, 0.05) is 45.1 Å². The Labute approximate surface area is 191 Å². The van der Waals surface area contributed by atoms with Gasteiger partial charge in [-0.15, -0.1) is 11.3 Å². The monoisotopic (exact) mass is 457 g/mol. The van der Waals surface area contributed by atoms with Crippen molar-refractivity contribution in [2.75, 3.05) is 40.0 Å². The summed E-state index contributed by atoms with van der Waals surface area (Å²) in [6.45, 7) is 1.77. The van der Waals surface area contributed by atoms with E-state index in [2.05, 4.69) is 5.32 Å². The molecule has 0 unspecified atom stereocenters. The maximum atomic E-state index is 13.5. The smallest absolute Gasteiger partial charge is 0.263 e. The molecule has 1 N–H and O–H groups in total. The number of carbonyl (C=O) groups excluding carboxylic acids is 3. The highest BCUT2D eigenvalue weighted by molar-refractivity contribution is 7.12. The summed E-state index contributed by atoms with van der Waals surface area (Å²) in [6, 6.07) is 11.9. The Morgan fingerprint density at radius 2 is 1.88 bits per heavy atom. The highest BCUT2D eigenvalue weighted by Crippen LogP contribution is 2.39. The van der Waals surface area contributed by atoms with Crippen molar-refractivity contribution >= 4 is 29.1 Å². The van der Waals surface area contributed by atoms with Gasteiger partial charge in [-0.25, -0.2) is 0 Å². The molecular weight excluding hydrogens is 430 g/mol. The van der Waals surface area contributed by atoms with Gasteiger partial charge in [0.25, 0.3) is 11.8 Å². The Morgan fingerprint density at radius 1 is 1.12 bits per heavy atom. The molecule has 1 aromatic heterocycles. The largest absolute Gasteiger partial charge is 0.383 e. The molecule has 2 aromatic rings. The molecule has 1 aromatic carbocycles. The van der Waals surface area contributed by atoms with Crippen molar-refractivity contribution in [3.63, 3.8) is 0 Å². The second kappa shape index (κ2) is 9.81. The summed E-state index contributed by atoms with van der Waals surface area (Å²) in [7, 11) is 1.57. The summed E-state index contributed by atoms with van der Waals surface area (Å²) in [6.07, 6.45) is 0.898. The maximum Gasteiger partial charge on any atom is 0.263 e. The van der Waals surface area contributed by atoms with Crippen molar-refractivity contribution in [3.8, 4) is 0 Å². The number of ether oxygens (including phenoxy) is 2. The molecule has 0 aliphatic carbocycles. The van der Waals surface area contributed by atoms with E-state index in [-0.39, 0.29) is 24.3 Å². The van der Waals surface area contributed by atoms with Crippen molar-refractivity contribution in [3.05, 3.63) is 58.3 Å². The van der Waals surface area contributed by atoms with Crippen LogP contribution in [0.4, 0.5) is 0 Å². The molecule has 3 heterocycles. The zero-order valence-corrected chi connectivity index (χ0v) is 18.8. The Morgan fingerprint density at radius 3 is 2.53 bits per heavy atom. The van der Waals surface area contributed by atoms with Gasteiger partial charge in [-0.05, 0) is 23.6 Å². The first kappa shape index (κ1) is 22.4. The molecule has 4 rings (SSSR count). The Hall–Kier alpha value is -2.75. The van der Waals surface area contributed by atoms with Crippen molar-refractivity contribution in [1.82, 2.24) is 15.1 Å². The topological polar surface area (TPSA) is 88.2 Å². The highest BCUT2D eigenvalue weighted by Gasteiger charge is 2.54. The molecule has 2 saturated heterocycles. The standard InChI is InChI=1S/C23H27N3O5S/c1-30-14-11-24-20(27)18-16-31-23(26(18)21(28)17-6-3-2-4-7-17)9-12-25(13-10-23)22(29)19-8-5-15-32-19/h2-8,15,18H,9-14,16H2,1H3,(H,24,27)/t18-/m1/s1. The number of benzene rings is 1. The maximum absolute atomic E-state index is 13.5. The molecule has 9 heteroatoms. The van der Waals surface area contributed by atoms with Gasteiger partial charge in [-0.2, -0.15) is 0 Å². The van der Waals surface area contributed by atoms with E-state index in [0.717, 1.165) is 0 Å². The SMILES string of the molecule is COCCNC(=O)[C@H]1COC2(CCN(C(=O)c3cccs3)CC2)N1C(=O)c1ccccc1. The number of amides is 3. The van der Waals surface area contributed by atoms with E-state index >= 15 is 0 Å². The van der Waals surface area contributed by atoms with Crippen molar-refractivity contribution < 1.29 is 23.9 Å². The van der Waals surface area contributed by atoms with Crippen LogP contribution in [0.5, 0.6) is 0 Å². The van der Waals surface area contributed by atoms with E-state index in [9.17, 15) is 14.4 Å². The van der Waals surface area contributed by atoms with Gasteiger partial charge in [-0.1, -0.05) is 24.3 Å². The minimum Gasteiger partial charge on any atom is -0.383 e. The molecule has 8 nitrogen and oxygen atoms in total. The van der Waals surface area contributed by atoms with E-state index in [1.54, 1.807) is 41.2 Å². The van der Waals surface area contributed by atoms with Crippen molar-refractivity contribution in [1.29, 1.82) is 0 Å². The average molecular weight is 458 g/mol. The summed E-state index contributed by atoms with van der Waals surface area (Å²) >= 11 is 1.41. The number of thiophene rings is 1. The molecule has 2 aliphatic rings. The molecule has 1 spiro atoms. The van der Waals surface area contributed by atoms with Crippen LogP contribution < -0.4 is 5.32 Å². The summed E-state index contributed by atoms with van der Waals surface area (Å²) in [5.41, 5.74) is -0.410. The van der Waals surface area contributed by atoms with Gasteiger partial charge in [0.15, 0.2) is 0 Å². The molecule has 2 aliphatic heterocycles. The van der Waals surface area contributed by atoms with Crippen molar-refractivity contribution in [2.24, 2.45) is 0 Å². The number of hydrogen-bond donors (Lipinski definition) is 1. The number of nitrogens with one attached hydrogen (secondary N) is 1. The first-order valence-corrected chi connectivity index (χ1v) is 11.6. The summed E-state index contributed by atoms with van der Waals surface area (Å²) in [4.78, 5) is 43.3. The first-order valence-electron chi connectivity index (χ1n) is 10.7. The number of methoxy groups -OCH3 is 1. The predicted molar refractivity (Wildman–Crippen MR) is 119 cm³/mol. The number of carbonyl (C=O) groups is 3. The third-order valence-corrected chi connectivity index (χ3v) is 6.83. The van der Waals surface area contributed by atoms with Crippen LogP contribution in [-0.2, 0) is 14.3 Å². The lowest BCUT2D eigenvalue weighted by Crippen LogP contribution is -2.60. The van der Waals surface area contributed by atoms with E-state index in [1.165, 1.54) is 11.3 Å². The first-order chi connectivity index (χ1) is 15.6. The second-order valence-corrected chi connectivity index (χ2v) is 8.82. The summed E-state index contributed by atoms with van der Waals surface area (Å²) < 4.78 is 11.2. The van der Waals surface area contributed by atoms with Crippen LogP contribution in [0.1, 0.15) is 32.9 Å². The van der Waals surface area contributed by atoms with E-state index < -0.39 is 11.8 Å². The zero-order valence-electron chi connectivity index (χ0n) is 18.0. The molecule has 0 radical (unpaired) electrons. The lowest BCUT2D eigenvalue weighted by molar-refractivity contribution is -0.128. The Bertz CT molecular complexity index is 942. The van der Waals surface area contributed by atoms with E-state index in [1.807, 2.05) is 23.6 Å². The Balaban J connectivity index is 1.54. The molecule has 170 valence electrons. The van der Waals surface area contributed by atoms with Crippen LogP contribution in [0.15, 0.2) is 47.8 Å². The second-order valence-electron chi connectivity index (χ2n) is 7.87. The van der Waals surface area contributed by atoms with E-state index in [4.69, 9.17) is 9.47 Å². The van der Waals surface area contributed by atoms with Gasteiger partial charge in [-0.3, -0.25) is 19.3 Å². The summed E-state index contributed by atoms with van der Waals surface area (Å²) in [5, 5.41) is 4.71. The molecule has 1 atom stereocenters. The number of rotatable bonds is 6. The molecule has 3 amide bonds. The number of hydrogen-bond acceptors (Lipinski definition) is 6. The fraction of sp³-hybridized carbons (Fsp3) is 0.435. The molecule has 2 fully saturated rings. The quantitative estimate of drug-likeness (QED) is 0.671. The molecular formula is C23H27N3O5S. The lowest BCUT2D eigenvalue weighted by atomic mass is 9.96. The number of piperidine rings is 1. The Kier molecular flexibility index (Phi) is 6.88. The minimum atomic E-state index is -0.914. The number of nitrogens with zero attached hydrogens (tertiary/aromatic N) is 2. The van der Waals surface area contributed by atoms with Crippen LogP contribution >= 0.6 is 11.3 Å². The molecule has 32 heavy (non-hydrogen) atoms. The van der Waals surface area contributed by atoms with Crippen molar-refractivity contribution in [2.45, 2.75) is 24.6 Å². The molecule has 0 saturated carbocycles. The zero-order chi connectivity index (χ0) is 22.6. The van der Waals surface area contributed by atoms with Crippen LogP contribution in [0, 0.1) is 0 Å². The van der Waals surface area contributed by atoms with Crippen LogP contribution in [-0.4, -0.2) is 79.2 Å². The third kappa shape index (κ3) is 4.41. The number of likely N-dealkylation sites (tertiary alicyclic amines) is 1. The highest BCUT2D eigenvalue weighted by atomic mass is 32.1. The van der Waals surface area contributed by atoms with Crippen LogP contribution in [0.25, 0.3) is 0 Å². The average Bonchev–Trinajstić information content (AvgIpc) is 3.48. The predicted octanol–water partition coefficient (Wildman–Crippen LogP) is 1.98. The van der Waals surface area contributed by atoms with Gasteiger partial charge < -0.3 is 19.7 Å². The normalized spacial score (nSPS) is 19.8. The fourth-order valence-corrected chi connectivity index (χ4v) is 4.99. The van der Waals surface area contributed by atoms with Gasteiger partial charge in [0.1, 0.15) is 11.8 Å². The fourth-order valence-electron chi connectivity index (χ4n) is 4.30. The minimum absolute atomic E-state index is 0.0114. The van der Waals surface area contributed by atoms with Crippen LogP contribution in [0.3, 0.4) is 0 Å². The van der Waals surface area contributed by atoms with Gasteiger partial charge in [0.2, 0.25) is 5.91 Å². The van der Waals surface area contributed by atoms with Gasteiger partial charge in [0.05, 0.1) is 18.1 Å². The lowest BCUT2D eigenvalue weighted by Gasteiger charge is -2.44. The van der Waals surface area contributed by atoms with Gasteiger partial charge >= 0.3 is 0 Å².